The maximum atomic E-state index is 6.25. The molecule has 0 aromatic heterocycles. The van der Waals surface area contributed by atoms with Crippen LogP contribution in [0.3, 0.4) is 0 Å². The first-order valence-electron chi connectivity index (χ1n) is 9.11. The lowest BCUT2D eigenvalue weighted by molar-refractivity contribution is 0.233. The molecule has 0 fully saturated rings. The molecule has 0 atom stereocenters. The molecular formula is C20H26N2O2Si. The van der Waals surface area contributed by atoms with E-state index in [1.807, 2.05) is 14.2 Å². The number of aryl methyl sites for hydroxylation is 2. The lowest BCUT2D eigenvalue weighted by Gasteiger charge is -2.49. The van der Waals surface area contributed by atoms with E-state index in [0.717, 1.165) is 38.8 Å². The van der Waals surface area contributed by atoms with Crippen LogP contribution in [0.2, 0.25) is 0 Å². The fourth-order valence-corrected chi connectivity index (χ4v) is 7.59. The van der Waals surface area contributed by atoms with Crippen molar-refractivity contribution < 1.29 is 8.85 Å². The van der Waals surface area contributed by atoms with Gasteiger partial charge in [0.15, 0.2) is 0 Å². The van der Waals surface area contributed by atoms with Crippen LogP contribution in [0, 0.1) is 0 Å². The highest BCUT2D eigenvalue weighted by molar-refractivity contribution is 6.75. The number of hydrogen-bond donors (Lipinski definition) is 0. The molecule has 0 radical (unpaired) electrons. The molecule has 0 N–H and O–H groups in total. The number of nitrogens with zero attached hydrogens (tertiary/aromatic N) is 2. The summed E-state index contributed by atoms with van der Waals surface area (Å²) in [6.45, 7) is 1.95. The molecule has 2 aliphatic heterocycles. The molecule has 0 bridgehead atoms. The van der Waals surface area contributed by atoms with Gasteiger partial charge in [-0.25, -0.2) is 0 Å². The summed E-state index contributed by atoms with van der Waals surface area (Å²) in [5, 5.41) is 0. The number of hydrogen-bond acceptors (Lipinski definition) is 4. The number of fused-ring (bicyclic) bond motifs is 2. The Morgan fingerprint density at radius 1 is 0.720 bits per heavy atom. The average Bonchev–Trinajstić information content (AvgIpc) is 2.69. The quantitative estimate of drug-likeness (QED) is 0.783. The van der Waals surface area contributed by atoms with Crippen LogP contribution in [0.4, 0.5) is 11.4 Å². The van der Waals surface area contributed by atoms with E-state index in [0.29, 0.717) is 0 Å². The lowest BCUT2D eigenvalue weighted by Crippen LogP contribution is -2.71. The van der Waals surface area contributed by atoms with E-state index in [1.54, 1.807) is 0 Å². The van der Waals surface area contributed by atoms with Crippen LogP contribution >= 0.6 is 0 Å². The van der Waals surface area contributed by atoms with Crippen molar-refractivity contribution in [1.82, 2.24) is 0 Å². The topological polar surface area (TPSA) is 24.9 Å². The van der Waals surface area contributed by atoms with Crippen LogP contribution in [-0.2, 0) is 21.7 Å². The molecule has 4 nitrogen and oxygen atoms in total. The molecule has 2 aromatic carbocycles. The normalized spacial score (nSPS) is 17.2. The second kappa shape index (κ2) is 6.82. The van der Waals surface area contributed by atoms with E-state index in [9.17, 15) is 0 Å². The Bertz CT molecular complexity index is 688. The van der Waals surface area contributed by atoms with Crippen LogP contribution in [0.1, 0.15) is 24.0 Å². The summed E-state index contributed by atoms with van der Waals surface area (Å²) in [5.41, 5.74) is 5.33. The maximum Gasteiger partial charge on any atom is 0.588 e. The summed E-state index contributed by atoms with van der Waals surface area (Å²) >= 11 is 0. The van der Waals surface area contributed by atoms with Crippen molar-refractivity contribution in [2.75, 3.05) is 36.4 Å². The third-order valence-corrected chi connectivity index (χ3v) is 8.79. The molecule has 5 heteroatoms. The van der Waals surface area contributed by atoms with Crippen molar-refractivity contribution in [3.05, 3.63) is 59.7 Å². The van der Waals surface area contributed by atoms with Gasteiger partial charge >= 0.3 is 8.88 Å². The largest absolute Gasteiger partial charge is 0.588 e. The first-order chi connectivity index (χ1) is 12.3. The summed E-state index contributed by atoms with van der Waals surface area (Å²) < 4.78 is 17.3. The molecule has 0 amide bonds. The highest BCUT2D eigenvalue weighted by Gasteiger charge is 2.53. The van der Waals surface area contributed by atoms with Crippen LogP contribution < -0.4 is 9.13 Å². The molecule has 0 saturated carbocycles. The van der Waals surface area contributed by atoms with Crippen LogP contribution in [0.25, 0.3) is 0 Å². The summed E-state index contributed by atoms with van der Waals surface area (Å²) in [5.74, 6) is 0. The molecule has 0 aliphatic carbocycles. The average molecular weight is 355 g/mol. The monoisotopic (exact) mass is 354 g/mol. The summed E-state index contributed by atoms with van der Waals surface area (Å²) in [6.07, 6.45) is 4.52. The Labute approximate surface area is 151 Å². The third kappa shape index (κ3) is 2.67. The number of para-hydroxylation sites is 2. The molecule has 2 heterocycles. The molecule has 2 aliphatic rings. The Morgan fingerprint density at radius 3 is 1.60 bits per heavy atom. The van der Waals surface area contributed by atoms with E-state index < -0.39 is 8.88 Å². The molecule has 0 saturated heterocycles. The van der Waals surface area contributed by atoms with Gasteiger partial charge in [0.1, 0.15) is 0 Å². The smallest absolute Gasteiger partial charge is 0.365 e. The van der Waals surface area contributed by atoms with Gasteiger partial charge in [-0.2, -0.15) is 0 Å². The van der Waals surface area contributed by atoms with Gasteiger partial charge in [0.25, 0.3) is 0 Å². The third-order valence-electron chi connectivity index (χ3n) is 5.43. The Morgan fingerprint density at radius 2 is 1.16 bits per heavy atom. The van der Waals surface area contributed by atoms with Crippen molar-refractivity contribution >= 4 is 20.3 Å². The second-order valence-electron chi connectivity index (χ2n) is 6.72. The van der Waals surface area contributed by atoms with Crippen molar-refractivity contribution in [2.24, 2.45) is 0 Å². The van der Waals surface area contributed by atoms with E-state index in [1.165, 1.54) is 22.5 Å². The van der Waals surface area contributed by atoms with E-state index in [2.05, 4.69) is 57.7 Å². The molecule has 25 heavy (non-hydrogen) atoms. The molecular weight excluding hydrogens is 328 g/mol. The molecule has 4 rings (SSSR count). The van der Waals surface area contributed by atoms with Crippen LogP contribution in [0.15, 0.2) is 48.5 Å². The van der Waals surface area contributed by atoms with Gasteiger partial charge in [-0.1, -0.05) is 36.4 Å². The standard InChI is InChI=1S/C20H26N2O2Si/c1-23-25(24-2,21-15-7-11-17-9-3-5-13-19(17)21)22-16-8-12-18-10-4-6-14-20(18)22/h3-6,9-10,13-14H,7-8,11-12,15-16H2,1-2H3. The maximum absolute atomic E-state index is 6.25. The minimum atomic E-state index is -2.78. The van der Waals surface area contributed by atoms with Crippen LogP contribution in [-0.4, -0.2) is 36.2 Å². The second-order valence-corrected chi connectivity index (χ2v) is 9.72. The zero-order chi connectivity index (χ0) is 17.3. The fraction of sp³-hybridized carbons (Fsp3) is 0.400. The fourth-order valence-electron chi connectivity index (χ4n) is 4.32. The van der Waals surface area contributed by atoms with Crippen molar-refractivity contribution in [2.45, 2.75) is 25.7 Å². The van der Waals surface area contributed by atoms with Gasteiger partial charge in [0.05, 0.1) is 0 Å². The van der Waals surface area contributed by atoms with Crippen molar-refractivity contribution in [1.29, 1.82) is 0 Å². The van der Waals surface area contributed by atoms with E-state index in [-0.39, 0.29) is 0 Å². The lowest BCUT2D eigenvalue weighted by atomic mass is 10.0. The number of rotatable bonds is 4. The molecule has 0 spiro atoms. The first kappa shape index (κ1) is 16.6. The van der Waals surface area contributed by atoms with Gasteiger partial charge in [-0.3, -0.25) is 0 Å². The molecule has 2 aromatic rings. The predicted octanol–water partition coefficient (Wildman–Crippen LogP) is 3.62. The zero-order valence-corrected chi connectivity index (χ0v) is 16.1. The summed E-state index contributed by atoms with van der Waals surface area (Å²) in [4.78, 5) is 0. The van der Waals surface area contributed by atoms with E-state index >= 15 is 0 Å². The van der Waals surface area contributed by atoms with Crippen molar-refractivity contribution in [3.63, 3.8) is 0 Å². The summed E-state index contributed by atoms with van der Waals surface area (Å²) in [7, 11) is 0.842. The Balaban J connectivity index is 1.82. The SMILES string of the molecule is CO[Si](OC)(N1CCCc2ccccc21)N1CCCc2ccccc21. The van der Waals surface area contributed by atoms with Gasteiger partial charge in [0, 0.05) is 38.7 Å². The Hall–Kier alpha value is -1.82. The van der Waals surface area contributed by atoms with Gasteiger partial charge < -0.3 is 18.0 Å². The van der Waals surface area contributed by atoms with Gasteiger partial charge in [-0.05, 0) is 48.9 Å². The molecule has 132 valence electrons. The molecule has 0 unspecified atom stereocenters. The number of anilines is 2. The van der Waals surface area contributed by atoms with Crippen molar-refractivity contribution in [3.8, 4) is 0 Å². The number of benzene rings is 2. The first-order valence-corrected chi connectivity index (χ1v) is 10.8. The zero-order valence-electron chi connectivity index (χ0n) is 15.1. The summed E-state index contributed by atoms with van der Waals surface area (Å²) in [6, 6.07) is 17.4. The minimum Gasteiger partial charge on any atom is -0.365 e. The predicted molar refractivity (Wildman–Crippen MR) is 104 cm³/mol. The van der Waals surface area contributed by atoms with E-state index in [4.69, 9.17) is 8.85 Å². The Kier molecular flexibility index (Phi) is 4.54. The van der Waals surface area contributed by atoms with Crippen LogP contribution in [0.5, 0.6) is 0 Å². The highest BCUT2D eigenvalue weighted by atomic mass is 28.4. The minimum absolute atomic E-state index is 0.976. The highest BCUT2D eigenvalue weighted by Crippen LogP contribution is 2.37. The van der Waals surface area contributed by atoms with Gasteiger partial charge in [-0.15, -0.1) is 0 Å². The van der Waals surface area contributed by atoms with Gasteiger partial charge in [0.2, 0.25) is 0 Å².